The van der Waals surface area contributed by atoms with E-state index in [1.807, 2.05) is 12.5 Å². The first-order chi connectivity index (χ1) is 13.5. The number of hydrazine groups is 1. The van der Waals surface area contributed by atoms with E-state index in [1.54, 1.807) is 29.2 Å². The number of nitrogen functional groups attached to an aromatic ring is 1. The van der Waals surface area contributed by atoms with Crippen LogP contribution in [0.3, 0.4) is 0 Å². The minimum absolute atomic E-state index is 0.152. The summed E-state index contributed by atoms with van der Waals surface area (Å²) < 4.78 is 13.8. The standard InChI is InChI=1S/C19H23FN6O2/c1-24-7-9-25(10-8-24)19(28)26(17-4-2-3-15(20)11-17)13-16-6-5-14(12-22-16)18(27)23-21/h2-6,11-12H,7-10,13,21H2,1H3,(H,23,27). The van der Waals surface area contributed by atoms with Gasteiger partial charge in [0.25, 0.3) is 5.91 Å². The van der Waals surface area contributed by atoms with E-state index in [0.29, 0.717) is 30.0 Å². The van der Waals surface area contributed by atoms with Gasteiger partial charge in [0.2, 0.25) is 0 Å². The quantitative estimate of drug-likeness (QED) is 0.468. The average Bonchev–Trinajstić information content (AvgIpc) is 2.72. The predicted octanol–water partition coefficient (Wildman–Crippen LogP) is 1.20. The van der Waals surface area contributed by atoms with Gasteiger partial charge in [-0.1, -0.05) is 6.07 Å². The van der Waals surface area contributed by atoms with Crippen molar-refractivity contribution in [2.24, 2.45) is 5.84 Å². The number of likely N-dealkylation sites (N-methyl/N-ethyl adjacent to an activating group) is 1. The largest absolute Gasteiger partial charge is 0.324 e. The summed E-state index contributed by atoms with van der Waals surface area (Å²) in [7, 11) is 2.01. The fourth-order valence-electron chi connectivity index (χ4n) is 2.98. The van der Waals surface area contributed by atoms with Crippen molar-refractivity contribution in [1.82, 2.24) is 20.2 Å². The van der Waals surface area contributed by atoms with Crippen molar-refractivity contribution in [3.8, 4) is 0 Å². The number of benzene rings is 1. The second kappa shape index (κ2) is 8.77. The van der Waals surface area contributed by atoms with Crippen molar-refractivity contribution >= 4 is 17.6 Å². The predicted molar refractivity (Wildman–Crippen MR) is 103 cm³/mol. The molecule has 1 fully saturated rings. The third kappa shape index (κ3) is 4.62. The van der Waals surface area contributed by atoms with Gasteiger partial charge >= 0.3 is 6.03 Å². The molecule has 1 aliphatic rings. The lowest BCUT2D eigenvalue weighted by Gasteiger charge is -2.36. The summed E-state index contributed by atoms with van der Waals surface area (Å²) in [6.45, 7) is 2.92. The summed E-state index contributed by atoms with van der Waals surface area (Å²) >= 11 is 0. The molecule has 1 aromatic carbocycles. The van der Waals surface area contributed by atoms with Crippen LogP contribution in [0.25, 0.3) is 0 Å². The van der Waals surface area contributed by atoms with Crippen LogP contribution in [0.1, 0.15) is 16.1 Å². The number of piperazine rings is 1. The molecule has 0 saturated carbocycles. The van der Waals surface area contributed by atoms with Gasteiger partial charge in [-0.25, -0.2) is 15.0 Å². The van der Waals surface area contributed by atoms with Gasteiger partial charge in [-0.3, -0.25) is 20.1 Å². The number of pyridine rings is 1. The maximum atomic E-state index is 13.8. The van der Waals surface area contributed by atoms with Crippen molar-refractivity contribution in [3.63, 3.8) is 0 Å². The Labute approximate surface area is 162 Å². The third-order valence-electron chi connectivity index (χ3n) is 4.66. The zero-order valence-electron chi connectivity index (χ0n) is 15.6. The molecule has 3 rings (SSSR count). The number of nitrogens with one attached hydrogen (secondary N) is 1. The Balaban J connectivity index is 1.84. The van der Waals surface area contributed by atoms with Crippen LogP contribution in [-0.4, -0.2) is 59.9 Å². The molecule has 2 aromatic rings. The minimum Gasteiger partial charge on any atom is -0.322 e. The number of aromatic nitrogens is 1. The van der Waals surface area contributed by atoms with E-state index in [4.69, 9.17) is 5.84 Å². The van der Waals surface area contributed by atoms with Gasteiger partial charge in [-0.05, 0) is 37.4 Å². The number of amides is 3. The van der Waals surface area contributed by atoms with Crippen LogP contribution in [0.15, 0.2) is 42.6 Å². The average molecular weight is 386 g/mol. The monoisotopic (exact) mass is 386 g/mol. The zero-order chi connectivity index (χ0) is 20.1. The van der Waals surface area contributed by atoms with Crippen molar-refractivity contribution in [1.29, 1.82) is 0 Å². The Bertz CT molecular complexity index is 837. The van der Waals surface area contributed by atoms with Crippen LogP contribution in [0.2, 0.25) is 0 Å². The Hall–Kier alpha value is -3.04. The molecule has 0 bridgehead atoms. The lowest BCUT2D eigenvalue weighted by atomic mass is 10.2. The number of rotatable bonds is 4. The number of hydrogen-bond acceptors (Lipinski definition) is 5. The van der Waals surface area contributed by atoms with Gasteiger partial charge in [0.1, 0.15) is 5.82 Å². The van der Waals surface area contributed by atoms with Gasteiger partial charge in [0.15, 0.2) is 0 Å². The van der Waals surface area contributed by atoms with Gasteiger partial charge in [-0.15, -0.1) is 0 Å². The second-order valence-corrected chi connectivity index (χ2v) is 6.65. The summed E-state index contributed by atoms with van der Waals surface area (Å²) in [4.78, 5) is 34.3. The Morgan fingerprint density at radius 1 is 1.21 bits per heavy atom. The number of halogens is 1. The van der Waals surface area contributed by atoms with Crippen LogP contribution >= 0.6 is 0 Å². The number of anilines is 1. The van der Waals surface area contributed by atoms with Crippen LogP contribution in [0.4, 0.5) is 14.9 Å². The van der Waals surface area contributed by atoms with Gasteiger partial charge < -0.3 is 9.80 Å². The molecular weight excluding hydrogens is 363 g/mol. The first kappa shape index (κ1) is 19.7. The molecule has 3 amide bonds. The number of carbonyl (C=O) groups is 2. The van der Waals surface area contributed by atoms with Gasteiger partial charge in [-0.2, -0.15) is 0 Å². The fourth-order valence-corrected chi connectivity index (χ4v) is 2.98. The first-order valence-electron chi connectivity index (χ1n) is 8.94. The van der Waals surface area contributed by atoms with Crippen LogP contribution in [-0.2, 0) is 6.54 Å². The smallest absolute Gasteiger partial charge is 0.322 e. The summed E-state index contributed by atoms with van der Waals surface area (Å²) in [5.41, 5.74) is 3.38. The number of carbonyl (C=O) groups excluding carboxylic acids is 2. The molecule has 148 valence electrons. The van der Waals surface area contributed by atoms with E-state index in [1.165, 1.54) is 23.2 Å². The summed E-state index contributed by atoms with van der Waals surface area (Å²) in [6, 6.07) is 8.93. The van der Waals surface area contributed by atoms with E-state index in [2.05, 4.69) is 9.88 Å². The Morgan fingerprint density at radius 3 is 2.57 bits per heavy atom. The molecule has 0 radical (unpaired) electrons. The third-order valence-corrected chi connectivity index (χ3v) is 4.66. The highest BCUT2D eigenvalue weighted by Gasteiger charge is 2.26. The molecule has 1 aliphatic heterocycles. The Kier molecular flexibility index (Phi) is 6.17. The normalized spacial score (nSPS) is 14.6. The van der Waals surface area contributed by atoms with E-state index >= 15 is 0 Å². The summed E-state index contributed by atoms with van der Waals surface area (Å²) in [5.74, 6) is 4.25. The molecule has 1 aromatic heterocycles. The lowest BCUT2D eigenvalue weighted by molar-refractivity contribution is 0.0953. The van der Waals surface area contributed by atoms with Crippen molar-refractivity contribution in [2.45, 2.75) is 6.54 Å². The summed E-state index contributed by atoms with van der Waals surface area (Å²) in [5, 5.41) is 0. The summed E-state index contributed by atoms with van der Waals surface area (Å²) in [6.07, 6.45) is 1.39. The van der Waals surface area contributed by atoms with E-state index in [9.17, 15) is 14.0 Å². The molecule has 1 saturated heterocycles. The molecule has 28 heavy (non-hydrogen) atoms. The lowest BCUT2D eigenvalue weighted by Crippen LogP contribution is -2.52. The van der Waals surface area contributed by atoms with Gasteiger partial charge in [0.05, 0.1) is 17.8 Å². The van der Waals surface area contributed by atoms with Crippen LogP contribution in [0, 0.1) is 5.82 Å². The molecule has 0 spiro atoms. The van der Waals surface area contributed by atoms with E-state index < -0.39 is 11.7 Å². The molecule has 0 atom stereocenters. The second-order valence-electron chi connectivity index (χ2n) is 6.65. The number of urea groups is 1. The number of hydrogen-bond donors (Lipinski definition) is 2. The highest BCUT2D eigenvalue weighted by molar-refractivity contribution is 5.93. The minimum atomic E-state index is -0.449. The van der Waals surface area contributed by atoms with Crippen molar-refractivity contribution < 1.29 is 14.0 Å². The van der Waals surface area contributed by atoms with E-state index in [-0.39, 0.29) is 12.6 Å². The maximum absolute atomic E-state index is 13.8. The van der Waals surface area contributed by atoms with Crippen molar-refractivity contribution in [3.05, 3.63) is 59.7 Å². The SMILES string of the molecule is CN1CCN(C(=O)N(Cc2ccc(C(=O)NN)cn2)c2cccc(F)c2)CC1. The zero-order valence-corrected chi connectivity index (χ0v) is 15.6. The molecule has 9 heteroatoms. The van der Waals surface area contributed by atoms with Crippen molar-refractivity contribution in [2.75, 3.05) is 38.1 Å². The molecule has 8 nitrogen and oxygen atoms in total. The highest BCUT2D eigenvalue weighted by Crippen LogP contribution is 2.20. The van der Waals surface area contributed by atoms with Gasteiger partial charge in [0, 0.05) is 38.1 Å². The molecule has 0 unspecified atom stereocenters. The number of nitrogens with two attached hydrogens (primary N) is 1. The molecule has 3 N–H and O–H groups in total. The highest BCUT2D eigenvalue weighted by atomic mass is 19.1. The topological polar surface area (TPSA) is 94.8 Å². The maximum Gasteiger partial charge on any atom is 0.324 e. The molecule has 0 aliphatic carbocycles. The first-order valence-corrected chi connectivity index (χ1v) is 8.94. The molecular formula is C19H23FN6O2. The molecule has 2 heterocycles. The number of nitrogens with zero attached hydrogens (tertiary/aromatic N) is 4. The van der Waals surface area contributed by atoms with E-state index in [0.717, 1.165) is 13.1 Å². The van der Waals surface area contributed by atoms with Crippen LogP contribution < -0.4 is 16.2 Å². The fraction of sp³-hybridized carbons (Fsp3) is 0.316. The van der Waals surface area contributed by atoms with Crippen LogP contribution in [0.5, 0.6) is 0 Å². The Morgan fingerprint density at radius 2 is 1.96 bits per heavy atom.